The van der Waals surface area contributed by atoms with Gasteiger partial charge in [0.2, 0.25) is 0 Å². The molecule has 0 radical (unpaired) electrons. The van der Waals surface area contributed by atoms with Crippen molar-refractivity contribution in [2.24, 2.45) is 5.92 Å². The lowest BCUT2D eigenvalue weighted by molar-refractivity contribution is 0.0270. The summed E-state index contributed by atoms with van der Waals surface area (Å²) in [5.41, 5.74) is 1.38. The van der Waals surface area contributed by atoms with E-state index in [0.717, 1.165) is 18.9 Å². The van der Waals surface area contributed by atoms with Crippen molar-refractivity contribution < 1.29 is 4.74 Å². The molecule has 0 bridgehead atoms. The number of hydrogen-bond donors (Lipinski definition) is 0. The summed E-state index contributed by atoms with van der Waals surface area (Å²) in [6, 6.07) is 0. The largest absolute Gasteiger partial charge is 0.378 e. The van der Waals surface area contributed by atoms with Gasteiger partial charge in [-0.25, -0.2) is 0 Å². The van der Waals surface area contributed by atoms with Gasteiger partial charge in [0.25, 0.3) is 0 Å². The summed E-state index contributed by atoms with van der Waals surface area (Å²) in [6.45, 7) is 9.49. The van der Waals surface area contributed by atoms with Crippen molar-refractivity contribution in [3.05, 3.63) is 12.2 Å². The van der Waals surface area contributed by atoms with Gasteiger partial charge in [-0.15, -0.1) is 0 Å². The zero-order valence-corrected chi connectivity index (χ0v) is 9.01. The fraction of sp³-hybridized carbons (Fsp3) is 0.833. The van der Waals surface area contributed by atoms with Crippen LogP contribution < -0.4 is 0 Å². The molecule has 0 spiro atoms. The van der Waals surface area contributed by atoms with Crippen LogP contribution in [0.5, 0.6) is 0 Å². The molecule has 76 valence electrons. The Balaban J connectivity index is 2.21. The Bertz CT molecular complexity index is 163. The Morgan fingerprint density at radius 1 is 1.46 bits per heavy atom. The smallest absolute Gasteiger partial charge is 0.0614 e. The molecule has 1 saturated carbocycles. The molecule has 0 aliphatic heterocycles. The third kappa shape index (κ3) is 3.95. The van der Waals surface area contributed by atoms with E-state index >= 15 is 0 Å². The van der Waals surface area contributed by atoms with Crippen molar-refractivity contribution in [3.63, 3.8) is 0 Å². The van der Waals surface area contributed by atoms with Crippen LogP contribution in [0.4, 0.5) is 0 Å². The molecule has 1 fully saturated rings. The molecule has 1 rings (SSSR count). The molecule has 0 aromatic carbocycles. The van der Waals surface area contributed by atoms with Crippen molar-refractivity contribution in [2.45, 2.75) is 52.1 Å². The lowest BCUT2D eigenvalue weighted by Gasteiger charge is -2.28. The monoisotopic (exact) mass is 182 g/mol. The third-order valence-electron chi connectivity index (χ3n) is 2.67. The molecule has 0 aromatic rings. The van der Waals surface area contributed by atoms with E-state index in [1.54, 1.807) is 0 Å². The second kappa shape index (κ2) is 5.43. The molecule has 0 unspecified atom stereocenters. The van der Waals surface area contributed by atoms with Crippen molar-refractivity contribution in [2.75, 3.05) is 6.61 Å². The van der Waals surface area contributed by atoms with Gasteiger partial charge in [0.15, 0.2) is 0 Å². The fourth-order valence-electron chi connectivity index (χ4n) is 2.03. The molecule has 0 saturated heterocycles. The Morgan fingerprint density at radius 3 is 2.85 bits per heavy atom. The predicted molar refractivity (Wildman–Crippen MR) is 56.8 cm³/mol. The maximum Gasteiger partial charge on any atom is 0.0614 e. The second-order valence-electron chi connectivity index (χ2n) is 4.35. The summed E-state index contributed by atoms with van der Waals surface area (Å²) in [7, 11) is 0. The molecule has 0 aromatic heterocycles. The fourth-order valence-corrected chi connectivity index (χ4v) is 2.03. The molecule has 0 heterocycles. The topological polar surface area (TPSA) is 9.23 Å². The van der Waals surface area contributed by atoms with E-state index in [9.17, 15) is 0 Å². The molecule has 1 aliphatic rings. The summed E-state index contributed by atoms with van der Waals surface area (Å²) in [6.07, 6.45) is 6.40. The van der Waals surface area contributed by atoms with E-state index in [1.807, 2.05) is 0 Å². The van der Waals surface area contributed by atoms with Gasteiger partial charge >= 0.3 is 0 Å². The normalized spacial score (nSPS) is 29.2. The minimum atomic E-state index is 0.461. The maximum absolute atomic E-state index is 5.80. The first-order valence-corrected chi connectivity index (χ1v) is 5.50. The van der Waals surface area contributed by atoms with E-state index in [2.05, 4.69) is 20.4 Å². The third-order valence-corrected chi connectivity index (χ3v) is 2.67. The highest BCUT2D eigenvalue weighted by atomic mass is 16.5. The number of ether oxygens (including phenoxy) is 1. The van der Waals surface area contributed by atoms with Gasteiger partial charge in [-0.05, 0) is 31.6 Å². The van der Waals surface area contributed by atoms with Gasteiger partial charge in [0, 0.05) is 6.61 Å². The molecular formula is C12H22O. The minimum absolute atomic E-state index is 0.461. The zero-order valence-electron chi connectivity index (χ0n) is 9.01. The first-order valence-electron chi connectivity index (χ1n) is 5.50. The number of hydrogen-bond acceptors (Lipinski definition) is 1. The minimum Gasteiger partial charge on any atom is -0.378 e. The van der Waals surface area contributed by atoms with Crippen LogP contribution >= 0.6 is 0 Å². The lowest BCUT2D eigenvalue weighted by Crippen LogP contribution is -2.23. The van der Waals surface area contributed by atoms with Crippen molar-refractivity contribution in [3.8, 4) is 0 Å². The first kappa shape index (κ1) is 10.8. The maximum atomic E-state index is 5.80. The summed E-state index contributed by atoms with van der Waals surface area (Å²) in [4.78, 5) is 0. The highest BCUT2D eigenvalue weighted by Crippen LogP contribution is 2.29. The van der Waals surface area contributed by atoms with Gasteiger partial charge < -0.3 is 4.74 Å². The van der Waals surface area contributed by atoms with E-state index < -0.39 is 0 Å². The van der Waals surface area contributed by atoms with Gasteiger partial charge in [0.1, 0.15) is 0 Å². The van der Waals surface area contributed by atoms with Gasteiger partial charge in [0.05, 0.1) is 6.10 Å². The summed E-state index contributed by atoms with van der Waals surface area (Å²) >= 11 is 0. The van der Waals surface area contributed by atoms with Crippen molar-refractivity contribution >= 4 is 0 Å². The van der Waals surface area contributed by atoms with Crippen LogP contribution in [-0.2, 0) is 4.74 Å². The van der Waals surface area contributed by atoms with Gasteiger partial charge in [-0.3, -0.25) is 0 Å². The van der Waals surface area contributed by atoms with Crippen LogP contribution in [0.15, 0.2) is 12.2 Å². The highest BCUT2D eigenvalue weighted by molar-refractivity contribution is 5.01. The summed E-state index contributed by atoms with van der Waals surface area (Å²) in [5.74, 6) is 0.771. The van der Waals surface area contributed by atoms with Crippen molar-refractivity contribution in [1.29, 1.82) is 0 Å². The second-order valence-corrected chi connectivity index (χ2v) is 4.35. The van der Waals surface area contributed by atoms with E-state index in [4.69, 9.17) is 4.74 Å². The zero-order chi connectivity index (χ0) is 9.68. The van der Waals surface area contributed by atoms with Crippen LogP contribution in [0.3, 0.4) is 0 Å². The molecule has 13 heavy (non-hydrogen) atoms. The van der Waals surface area contributed by atoms with Crippen LogP contribution in [-0.4, -0.2) is 12.7 Å². The van der Waals surface area contributed by atoms with Gasteiger partial charge in [-0.1, -0.05) is 32.4 Å². The number of rotatable bonds is 4. The quantitative estimate of drug-likeness (QED) is 0.477. The number of unbranched alkanes of at least 4 members (excludes halogenated alkanes) is 1. The Labute approximate surface area is 82.2 Å². The SMILES string of the molecule is C=C1C[C@H](C)C[C@H](OCCCC)C1. The average molecular weight is 182 g/mol. The molecular weight excluding hydrogens is 160 g/mol. The van der Waals surface area contributed by atoms with Crippen LogP contribution in [0.25, 0.3) is 0 Å². The van der Waals surface area contributed by atoms with Crippen LogP contribution in [0, 0.1) is 5.92 Å². The molecule has 1 heteroatoms. The predicted octanol–water partition coefficient (Wildman–Crippen LogP) is 3.55. The summed E-state index contributed by atoms with van der Waals surface area (Å²) in [5, 5.41) is 0. The van der Waals surface area contributed by atoms with Gasteiger partial charge in [-0.2, -0.15) is 0 Å². The molecule has 2 atom stereocenters. The highest BCUT2D eigenvalue weighted by Gasteiger charge is 2.21. The van der Waals surface area contributed by atoms with E-state index in [0.29, 0.717) is 6.10 Å². The van der Waals surface area contributed by atoms with Crippen molar-refractivity contribution in [1.82, 2.24) is 0 Å². The van der Waals surface area contributed by atoms with Crippen LogP contribution in [0.1, 0.15) is 46.0 Å². The Hall–Kier alpha value is -0.300. The van der Waals surface area contributed by atoms with E-state index in [1.165, 1.54) is 31.3 Å². The molecule has 1 nitrogen and oxygen atoms in total. The summed E-state index contributed by atoms with van der Waals surface area (Å²) < 4.78 is 5.80. The Morgan fingerprint density at radius 2 is 2.23 bits per heavy atom. The molecule has 1 aliphatic carbocycles. The van der Waals surface area contributed by atoms with Crippen LogP contribution in [0.2, 0.25) is 0 Å². The van der Waals surface area contributed by atoms with E-state index in [-0.39, 0.29) is 0 Å². The Kier molecular flexibility index (Phi) is 4.51. The first-order chi connectivity index (χ1) is 6.22. The molecule has 0 amide bonds. The average Bonchev–Trinajstić information content (AvgIpc) is 2.03. The standard InChI is InChI=1S/C12H22O/c1-4-5-6-13-12-8-10(2)7-11(3)9-12/h11-12H,2,4-9H2,1,3H3/t11-,12+/m0/s1. The molecule has 0 N–H and O–H groups in total. The lowest BCUT2D eigenvalue weighted by atomic mass is 9.85.